The first-order chi connectivity index (χ1) is 7.96. The van der Waals surface area contributed by atoms with E-state index < -0.39 is 5.97 Å². The average Bonchev–Trinajstić information content (AvgIpc) is 2.23. The van der Waals surface area contributed by atoms with Gasteiger partial charge in [-0.05, 0) is 29.2 Å². The Morgan fingerprint density at radius 1 is 1.41 bits per heavy atom. The minimum Gasteiger partial charge on any atom is -0.478 e. The first-order valence-corrected chi connectivity index (χ1v) is 5.72. The smallest absolute Gasteiger partial charge is 0.328 e. The molecule has 3 nitrogen and oxygen atoms in total. The molecule has 1 aliphatic heterocycles. The average molecular weight is 231 g/mol. The molecular weight excluding hydrogens is 214 g/mol. The van der Waals surface area contributed by atoms with Crippen molar-refractivity contribution in [3.63, 3.8) is 0 Å². The molecule has 3 heteroatoms. The molecule has 1 aromatic carbocycles. The van der Waals surface area contributed by atoms with Crippen molar-refractivity contribution in [2.24, 2.45) is 5.41 Å². The summed E-state index contributed by atoms with van der Waals surface area (Å²) < 4.78 is 0. The molecule has 0 aliphatic carbocycles. The fourth-order valence-corrected chi connectivity index (χ4v) is 2.16. The lowest BCUT2D eigenvalue weighted by Gasteiger charge is -2.47. The summed E-state index contributed by atoms with van der Waals surface area (Å²) in [5, 5.41) is 8.58. The van der Waals surface area contributed by atoms with Crippen LogP contribution < -0.4 is 4.90 Å². The van der Waals surface area contributed by atoms with Crippen molar-refractivity contribution in [3.8, 4) is 0 Å². The van der Waals surface area contributed by atoms with Gasteiger partial charge in [0.1, 0.15) is 0 Å². The lowest BCUT2D eigenvalue weighted by atomic mass is 9.84. The second kappa shape index (κ2) is 4.24. The van der Waals surface area contributed by atoms with Crippen LogP contribution in [0.4, 0.5) is 5.69 Å². The normalized spacial score (nSPS) is 18.1. The standard InChI is InChI=1S/C14H17NO2/c1-14(2)9-15(10-14)12-5-3-4-11(8-12)6-7-13(16)17/h3-8H,9-10H2,1-2H3,(H,16,17)/b7-6+. The van der Waals surface area contributed by atoms with Gasteiger partial charge in [0.15, 0.2) is 0 Å². The third kappa shape index (κ3) is 2.87. The van der Waals surface area contributed by atoms with Crippen LogP contribution in [-0.4, -0.2) is 24.2 Å². The fraction of sp³-hybridized carbons (Fsp3) is 0.357. The van der Waals surface area contributed by atoms with Crippen LogP contribution in [0.3, 0.4) is 0 Å². The highest BCUT2D eigenvalue weighted by molar-refractivity contribution is 5.85. The zero-order valence-corrected chi connectivity index (χ0v) is 10.2. The Balaban J connectivity index is 2.10. The minimum absolute atomic E-state index is 0.396. The third-order valence-corrected chi connectivity index (χ3v) is 2.89. The molecule has 17 heavy (non-hydrogen) atoms. The molecule has 1 N–H and O–H groups in total. The van der Waals surface area contributed by atoms with Crippen LogP contribution in [0, 0.1) is 5.41 Å². The second-order valence-electron chi connectivity index (χ2n) is 5.29. The Hall–Kier alpha value is -1.77. The van der Waals surface area contributed by atoms with E-state index in [4.69, 9.17) is 5.11 Å². The summed E-state index contributed by atoms with van der Waals surface area (Å²) in [4.78, 5) is 12.8. The van der Waals surface area contributed by atoms with E-state index >= 15 is 0 Å². The van der Waals surface area contributed by atoms with Crippen LogP contribution in [0.2, 0.25) is 0 Å². The maximum absolute atomic E-state index is 10.4. The highest BCUT2D eigenvalue weighted by Gasteiger charge is 2.33. The van der Waals surface area contributed by atoms with Crippen LogP contribution in [-0.2, 0) is 4.79 Å². The maximum Gasteiger partial charge on any atom is 0.328 e. The fourth-order valence-electron chi connectivity index (χ4n) is 2.16. The van der Waals surface area contributed by atoms with Crippen molar-refractivity contribution < 1.29 is 9.90 Å². The van der Waals surface area contributed by atoms with Gasteiger partial charge in [-0.15, -0.1) is 0 Å². The van der Waals surface area contributed by atoms with E-state index in [1.165, 1.54) is 6.08 Å². The monoisotopic (exact) mass is 231 g/mol. The van der Waals surface area contributed by atoms with Crippen molar-refractivity contribution in [1.82, 2.24) is 0 Å². The summed E-state index contributed by atoms with van der Waals surface area (Å²) in [7, 11) is 0. The van der Waals surface area contributed by atoms with E-state index in [0.717, 1.165) is 24.3 Å². The summed E-state index contributed by atoms with van der Waals surface area (Å²) in [5.41, 5.74) is 2.49. The van der Waals surface area contributed by atoms with E-state index in [1.54, 1.807) is 6.08 Å². The van der Waals surface area contributed by atoms with Crippen molar-refractivity contribution in [3.05, 3.63) is 35.9 Å². The second-order valence-corrected chi connectivity index (χ2v) is 5.29. The minimum atomic E-state index is -0.916. The largest absolute Gasteiger partial charge is 0.478 e. The summed E-state index contributed by atoms with van der Waals surface area (Å²) in [6, 6.07) is 7.96. The Labute approximate surface area is 101 Å². The third-order valence-electron chi connectivity index (χ3n) is 2.89. The molecule has 2 rings (SSSR count). The first kappa shape index (κ1) is 11.7. The molecule has 1 aliphatic rings. The van der Waals surface area contributed by atoms with E-state index in [0.29, 0.717) is 5.41 Å². The van der Waals surface area contributed by atoms with Crippen LogP contribution >= 0.6 is 0 Å². The van der Waals surface area contributed by atoms with Gasteiger partial charge in [-0.1, -0.05) is 26.0 Å². The highest BCUT2D eigenvalue weighted by Crippen LogP contribution is 2.33. The molecule has 0 bridgehead atoms. The van der Waals surface area contributed by atoms with Crippen molar-refractivity contribution >= 4 is 17.7 Å². The van der Waals surface area contributed by atoms with Gasteiger partial charge in [-0.3, -0.25) is 0 Å². The molecule has 1 aromatic rings. The van der Waals surface area contributed by atoms with E-state index in [9.17, 15) is 4.79 Å². The molecule has 0 saturated carbocycles. The van der Waals surface area contributed by atoms with Crippen LogP contribution in [0.15, 0.2) is 30.3 Å². The number of rotatable bonds is 3. The van der Waals surface area contributed by atoms with E-state index in [1.807, 2.05) is 18.2 Å². The number of carboxylic acids is 1. The summed E-state index contributed by atoms with van der Waals surface area (Å²) >= 11 is 0. The quantitative estimate of drug-likeness (QED) is 0.813. The van der Waals surface area contributed by atoms with Gasteiger partial charge >= 0.3 is 5.97 Å². The molecule has 0 spiro atoms. The van der Waals surface area contributed by atoms with Crippen LogP contribution in [0.1, 0.15) is 19.4 Å². The molecule has 1 heterocycles. The molecule has 0 amide bonds. The predicted octanol–water partition coefficient (Wildman–Crippen LogP) is 2.63. The number of hydrogen-bond acceptors (Lipinski definition) is 2. The molecule has 0 atom stereocenters. The lowest BCUT2D eigenvalue weighted by Crippen LogP contribution is -2.53. The Morgan fingerprint density at radius 2 is 2.12 bits per heavy atom. The topological polar surface area (TPSA) is 40.5 Å². The van der Waals surface area contributed by atoms with E-state index in [2.05, 4.69) is 24.8 Å². The van der Waals surface area contributed by atoms with Crippen LogP contribution in [0.5, 0.6) is 0 Å². The van der Waals surface area contributed by atoms with E-state index in [-0.39, 0.29) is 0 Å². The molecule has 0 aromatic heterocycles. The first-order valence-electron chi connectivity index (χ1n) is 5.72. The van der Waals surface area contributed by atoms with Gasteiger partial charge in [0.25, 0.3) is 0 Å². The van der Waals surface area contributed by atoms with Gasteiger partial charge < -0.3 is 10.0 Å². The highest BCUT2D eigenvalue weighted by atomic mass is 16.4. The number of anilines is 1. The zero-order valence-electron chi connectivity index (χ0n) is 10.2. The summed E-state index contributed by atoms with van der Waals surface area (Å²) in [6.07, 6.45) is 2.79. The number of carbonyl (C=O) groups is 1. The van der Waals surface area contributed by atoms with Crippen molar-refractivity contribution in [1.29, 1.82) is 0 Å². The molecular formula is C14H17NO2. The molecule has 0 unspecified atom stereocenters. The number of benzene rings is 1. The van der Waals surface area contributed by atoms with Gasteiger partial charge in [0, 0.05) is 24.9 Å². The summed E-state index contributed by atoms with van der Waals surface area (Å²) in [5.74, 6) is -0.916. The van der Waals surface area contributed by atoms with Gasteiger partial charge in [-0.2, -0.15) is 0 Å². The number of aliphatic carboxylic acids is 1. The maximum atomic E-state index is 10.4. The molecule has 0 radical (unpaired) electrons. The van der Waals surface area contributed by atoms with Crippen molar-refractivity contribution in [2.45, 2.75) is 13.8 Å². The molecule has 90 valence electrons. The van der Waals surface area contributed by atoms with Crippen molar-refractivity contribution in [2.75, 3.05) is 18.0 Å². The van der Waals surface area contributed by atoms with Gasteiger partial charge in [0.05, 0.1) is 0 Å². The van der Waals surface area contributed by atoms with Gasteiger partial charge in [-0.25, -0.2) is 4.79 Å². The number of nitrogens with zero attached hydrogens (tertiary/aromatic N) is 1. The SMILES string of the molecule is CC1(C)CN(c2cccc(/C=C/C(=O)O)c2)C1. The Bertz CT molecular complexity index is 455. The predicted molar refractivity (Wildman–Crippen MR) is 69.1 cm³/mol. The zero-order chi connectivity index (χ0) is 12.5. The molecule has 1 fully saturated rings. The number of hydrogen-bond donors (Lipinski definition) is 1. The Morgan fingerprint density at radius 3 is 2.71 bits per heavy atom. The summed E-state index contributed by atoms with van der Waals surface area (Å²) in [6.45, 7) is 6.60. The van der Waals surface area contributed by atoms with Gasteiger partial charge in [0.2, 0.25) is 0 Å². The Kier molecular flexibility index (Phi) is 2.92. The number of carboxylic acid groups (broad SMARTS) is 1. The molecule has 1 saturated heterocycles. The van der Waals surface area contributed by atoms with Crippen LogP contribution in [0.25, 0.3) is 6.08 Å². The lowest BCUT2D eigenvalue weighted by molar-refractivity contribution is -0.131.